The van der Waals surface area contributed by atoms with Gasteiger partial charge in [-0.05, 0) is 43.9 Å². The summed E-state index contributed by atoms with van der Waals surface area (Å²) in [4.78, 5) is 4.51. The van der Waals surface area contributed by atoms with Gasteiger partial charge in [-0.2, -0.15) is 4.31 Å². The summed E-state index contributed by atoms with van der Waals surface area (Å²) >= 11 is 0. The summed E-state index contributed by atoms with van der Waals surface area (Å²) in [6, 6.07) is 10.4. The maximum absolute atomic E-state index is 12.8. The topological polar surface area (TPSA) is 68.7 Å². The third kappa shape index (κ3) is 4.16. The molecule has 2 aromatic rings. The molecule has 0 aliphatic carbocycles. The minimum atomic E-state index is -3.49. The molecule has 3 rings (SSSR count). The van der Waals surface area contributed by atoms with Crippen LogP contribution in [-0.4, -0.2) is 44.5 Å². The van der Waals surface area contributed by atoms with Crippen LogP contribution < -0.4 is 9.47 Å². The summed E-state index contributed by atoms with van der Waals surface area (Å²) in [6.45, 7) is 3.51. The monoisotopic (exact) mass is 376 g/mol. The van der Waals surface area contributed by atoms with Crippen molar-refractivity contribution in [3.05, 3.63) is 48.2 Å². The van der Waals surface area contributed by atoms with E-state index < -0.39 is 10.0 Å². The van der Waals surface area contributed by atoms with E-state index in [1.54, 1.807) is 34.8 Å². The normalized spacial score (nSPS) is 16.4. The lowest BCUT2D eigenvalue weighted by atomic mass is 9.99. The number of aryl methyl sites for hydroxylation is 1. The Kier molecular flexibility index (Phi) is 5.78. The van der Waals surface area contributed by atoms with Crippen molar-refractivity contribution in [1.29, 1.82) is 0 Å². The Hall–Kier alpha value is -2.12. The van der Waals surface area contributed by atoms with Gasteiger partial charge in [0, 0.05) is 30.9 Å². The number of pyridine rings is 1. The lowest BCUT2D eigenvalue weighted by Crippen LogP contribution is -2.39. The summed E-state index contributed by atoms with van der Waals surface area (Å²) < 4.78 is 38.1. The quantitative estimate of drug-likeness (QED) is 0.775. The molecule has 26 heavy (non-hydrogen) atoms. The van der Waals surface area contributed by atoms with Gasteiger partial charge in [-0.25, -0.2) is 13.4 Å². The Balaban J connectivity index is 1.58. The third-order valence-corrected chi connectivity index (χ3v) is 6.56. The van der Waals surface area contributed by atoms with Crippen molar-refractivity contribution in [2.24, 2.45) is 5.92 Å². The molecule has 0 amide bonds. The van der Waals surface area contributed by atoms with Crippen LogP contribution in [0.1, 0.15) is 18.4 Å². The maximum Gasteiger partial charge on any atom is 0.243 e. The molecule has 0 saturated carbocycles. The standard InChI is InChI=1S/C19H24N2O4S/c1-15-5-4-10-20-19(15)25-14-16-8-11-21(12-9-16)26(22,23)18-7-3-6-17(13-18)24-2/h3-7,10,13,16H,8-9,11-12,14H2,1-2H3. The van der Waals surface area contributed by atoms with Crippen LogP contribution in [0.5, 0.6) is 11.6 Å². The maximum atomic E-state index is 12.8. The smallest absolute Gasteiger partial charge is 0.243 e. The van der Waals surface area contributed by atoms with Crippen LogP contribution in [0, 0.1) is 12.8 Å². The molecule has 1 aliphatic rings. The van der Waals surface area contributed by atoms with E-state index in [9.17, 15) is 8.42 Å². The number of rotatable bonds is 6. The first-order valence-corrected chi connectivity index (χ1v) is 10.1. The average Bonchev–Trinajstić information content (AvgIpc) is 2.68. The molecule has 0 N–H and O–H groups in total. The van der Waals surface area contributed by atoms with Crippen molar-refractivity contribution >= 4 is 10.0 Å². The van der Waals surface area contributed by atoms with Crippen molar-refractivity contribution in [2.45, 2.75) is 24.7 Å². The van der Waals surface area contributed by atoms with Gasteiger partial charge in [0.25, 0.3) is 0 Å². The molecule has 1 aromatic carbocycles. The Morgan fingerprint density at radius 3 is 2.65 bits per heavy atom. The van der Waals surface area contributed by atoms with Crippen molar-refractivity contribution in [3.8, 4) is 11.6 Å². The Bertz CT molecular complexity index is 846. The second-order valence-corrected chi connectivity index (χ2v) is 8.40. The number of methoxy groups -OCH3 is 1. The summed E-state index contributed by atoms with van der Waals surface area (Å²) in [5.74, 6) is 1.52. The highest BCUT2D eigenvalue weighted by Gasteiger charge is 2.30. The van der Waals surface area contributed by atoms with Crippen LogP contribution in [-0.2, 0) is 10.0 Å². The van der Waals surface area contributed by atoms with Crippen molar-refractivity contribution in [2.75, 3.05) is 26.8 Å². The van der Waals surface area contributed by atoms with Gasteiger partial charge < -0.3 is 9.47 Å². The van der Waals surface area contributed by atoms with Gasteiger partial charge in [0.2, 0.25) is 15.9 Å². The van der Waals surface area contributed by atoms with E-state index in [1.165, 1.54) is 7.11 Å². The van der Waals surface area contributed by atoms with E-state index in [1.807, 2.05) is 19.1 Å². The summed E-state index contributed by atoms with van der Waals surface area (Å²) in [5, 5.41) is 0. The molecule has 1 aliphatic heterocycles. The SMILES string of the molecule is COc1cccc(S(=O)(=O)N2CCC(COc3ncccc3C)CC2)c1. The number of aromatic nitrogens is 1. The lowest BCUT2D eigenvalue weighted by molar-refractivity contribution is 0.180. The fourth-order valence-electron chi connectivity index (χ4n) is 3.05. The zero-order valence-electron chi connectivity index (χ0n) is 15.1. The summed E-state index contributed by atoms with van der Waals surface area (Å²) in [5.41, 5.74) is 1.01. The minimum absolute atomic E-state index is 0.274. The minimum Gasteiger partial charge on any atom is -0.497 e. The predicted octanol–water partition coefficient (Wildman–Crippen LogP) is 2.88. The first-order chi connectivity index (χ1) is 12.5. The number of benzene rings is 1. The zero-order valence-corrected chi connectivity index (χ0v) is 15.9. The molecule has 1 aromatic heterocycles. The predicted molar refractivity (Wildman–Crippen MR) is 98.9 cm³/mol. The molecule has 1 fully saturated rings. The van der Waals surface area contributed by atoms with Gasteiger partial charge in [0.15, 0.2) is 0 Å². The number of hydrogen-bond acceptors (Lipinski definition) is 5. The molecule has 6 nitrogen and oxygen atoms in total. The largest absolute Gasteiger partial charge is 0.497 e. The fourth-order valence-corrected chi connectivity index (χ4v) is 4.55. The lowest BCUT2D eigenvalue weighted by Gasteiger charge is -2.31. The van der Waals surface area contributed by atoms with Crippen LogP contribution in [0.15, 0.2) is 47.5 Å². The summed E-state index contributed by atoms with van der Waals surface area (Å²) in [7, 11) is -1.96. The zero-order chi connectivity index (χ0) is 18.6. The van der Waals surface area contributed by atoms with E-state index in [0.29, 0.717) is 37.2 Å². The highest BCUT2D eigenvalue weighted by atomic mass is 32.2. The first kappa shape index (κ1) is 18.7. The molecule has 140 valence electrons. The Morgan fingerprint density at radius 1 is 1.19 bits per heavy atom. The molecule has 0 spiro atoms. The summed E-state index contributed by atoms with van der Waals surface area (Å²) in [6.07, 6.45) is 3.26. The van der Waals surface area contributed by atoms with Gasteiger partial charge >= 0.3 is 0 Å². The average molecular weight is 376 g/mol. The number of nitrogens with zero attached hydrogens (tertiary/aromatic N) is 2. The highest BCUT2D eigenvalue weighted by molar-refractivity contribution is 7.89. The Morgan fingerprint density at radius 2 is 1.96 bits per heavy atom. The molecule has 7 heteroatoms. The van der Waals surface area contributed by atoms with Crippen LogP contribution in [0.4, 0.5) is 0 Å². The molecule has 1 saturated heterocycles. The van der Waals surface area contributed by atoms with Crippen molar-refractivity contribution < 1.29 is 17.9 Å². The van der Waals surface area contributed by atoms with Gasteiger partial charge in [0.1, 0.15) is 5.75 Å². The molecule has 0 radical (unpaired) electrons. The third-order valence-electron chi connectivity index (χ3n) is 4.67. The van der Waals surface area contributed by atoms with E-state index in [0.717, 1.165) is 18.4 Å². The molecular formula is C19H24N2O4S. The van der Waals surface area contributed by atoms with Crippen LogP contribution >= 0.6 is 0 Å². The molecule has 0 bridgehead atoms. The fraction of sp³-hybridized carbons (Fsp3) is 0.421. The van der Waals surface area contributed by atoms with E-state index in [-0.39, 0.29) is 4.90 Å². The number of ether oxygens (including phenoxy) is 2. The molecule has 0 atom stereocenters. The van der Waals surface area contributed by atoms with Gasteiger partial charge in [-0.1, -0.05) is 12.1 Å². The first-order valence-electron chi connectivity index (χ1n) is 8.69. The van der Waals surface area contributed by atoms with E-state index in [2.05, 4.69) is 4.98 Å². The second kappa shape index (κ2) is 8.05. The highest BCUT2D eigenvalue weighted by Crippen LogP contribution is 2.26. The second-order valence-electron chi connectivity index (χ2n) is 6.46. The van der Waals surface area contributed by atoms with Gasteiger partial charge in [-0.15, -0.1) is 0 Å². The van der Waals surface area contributed by atoms with Crippen molar-refractivity contribution in [1.82, 2.24) is 9.29 Å². The Labute approximate surface area is 154 Å². The van der Waals surface area contributed by atoms with Gasteiger partial charge in [-0.3, -0.25) is 0 Å². The van der Waals surface area contributed by atoms with Crippen LogP contribution in [0.2, 0.25) is 0 Å². The number of piperidine rings is 1. The van der Waals surface area contributed by atoms with Crippen LogP contribution in [0.25, 0.3) is 0 Å². The number of sulfonamides is 1. The molecular weight excluding hydrogens is 352 g/mol. The molecule has 0 unspecified atom stereocenters. The van der Waals surface area contributed by atoms with E-state index >= 15 is 0 Å². The number of hydrogen-bond donors (Lipinski definition) is 0. The van der Waals surface area contributed by atoms with Crippen molar-refractivity contribution in [3.63, 3.8) is 0 Å². The van der Waals surface area contributed by atoms with E-state index in [4.69, 9.17) is 9.47 Å². The van der Waals surface area contributed by atoms with Crippen LogP contribution in [0.3, 0.4) is 0 Å². The molecule has 2 heterocycles. The van der Waals surface area contributed by atoms with Gasteiger partial charge in [0.05, 0.1) is 18.6 Å².